The lowest BCUT2D eigenvalue weighted by atomic mass is 9.89. The summed E-state index contributed by atoms with van der Waals surface area (Å²) in [5.41, 5.74) is 5.93. The number of rotatable bonds is 7. The lowest BCUT2D eigenvalue weighted by Gasteiger charge is -2.35. The highest BCUT2D eigenvalue weighted by molar-refractivity contribution is 5.94. The monoisotopic (exact) mass is 551 g/mol. The van der Waals surface area contributed by atoms with Gasteiger partial charge in [0.1, 0.15) is 17.9 Å². The number of fused-ring (bicyclic) bond motifs is 1. The molecule has 2 aliphatic heterocycles. The standard InChI is InChI=1S/C33H37N5O3/c1-23-32(39)35(2)18-19-37(23)20-21-41-28-10-6-24(7-11-28)25-13-16-38(17-14-25)27-8-4-26(5-9-27)30-22-36(3)33(40)31-29(30)12-15-34-31/h4-12,15,22,25,34H,1,13-14,16-21H2,2-3H3. The third kappa shape index (κ3) is 5.34. The number of H-pyrrole nitrogens is 1. The molecule has 2 fully saturated rings. The average Bonchev–Trinajstić information content (AvgIpc) is 3.50. The lowest BCUT2D eigenvalue weighted by molar-refractivity contribution is -0.130. The van der Waals surface area contributed by atoms with Crippen LogP contribution < -0.4 is 15.2 Å². The summed E-state index contributed by atoms with van der Waals surface area (Å²) in [5, 5.41) is 0.954. The summed E-state index contributed by atoms with van der Waals surface area (Å²) < 4.78 is 7.61. The van der Waals surface area contributed by atoms with Gasteiger partial charge in [-0.05, 0) is 60.2 Å². The van der Waals surface area contributed by atoms with E-state index in [2.05, 4.69) is 65.0 Å². The normalized spacial score (nSPS) is 16.6. The van der Waals surface area contributed by atoms with Crippen molar-refractivity contribution in [3.05, 3.63) is 95.2 Å². The number of hydrogen-bond acceptors (Lipinski definition) is 5. The van der Waals surface area contributed by atoms with Crippen LogP contribution in [-0.4, -0.2) is 71.6 Å². The van der Waals surface area contributed by atoms with Gasteiger partial charge in [0.15, 0.2) is 0 Å². The number of carbonyl (C=O) groups excluding carboxylic acids is 1. The van der Waals surface area contributed by atoms with Crippen LogP contribution in [0.5, 0.6) is 5.75 Å². The molecule has 1 N–H and O–H groups in total. The number of aromatic amines is 1. The number of aryl methyl sites for hydroxylation is 1. The predicted molar refractivity (Wildman–Crippen MR) is 163 cm³/mol. The Balaban J connectivity index is 1.02. The number of carbonyl (C=O) groups is 1. The summed E-state index contributed by atoms with van der Waals surface area (Å²) in [7, 11) is 3.60. The number of likely N-dealkylation sites (N-methyl/N-ethyl adjacent to an activating group) is 1. The fraction of sp³-hybridized carbons (Fsp3) is 0.333. The Morgan fingerprint density at radius 2 is 1.66 bits per heavy atom. The zero-order valence-corrected chi connectivity index (χ0v) is 23.8. The van der Waals surface area contributed by atoms with Crippen molar-refractivity contribution < 1.29 is 9.53 Å². The Bertz CT molecular complexity index is 1610. The van der Waals surface area contributed by atoms with Crippen molar-refractivity contribution in [2.24, 2.45) is 7.05 Å². The molecule has 0 spiro atoms. The Hall–Kier alpha value is -4.46. The fourth-order valence-electron chi connectivity index (χ4n) is 6.04. The van der Waals surface area contributed by atoms with Crippen LogP contribution in [0.1, 0.15) is 24.3 Å². The Morgan fingerprint density at radius 1 is 0.927 bits per heavy atom. The van der Waals surface area contributed by atoms with Gasteiger partial charge in [-0.1, -0.05) is 30.8 Å². The van der Waals surface area contributed by atoms with Gasteiger partial charge >= 0.3 is 0 Å². The first-order valence-corrected chi connectivity index (χ1v) is 14.3. The number of nitrogens with zero attached hydrogens (tertiary/aromatic N) is 4. The van der Waals surface area contributed by atoms with Crippen molar-refractivity contribution in [3.8, 4) is 16.9 Å². The SMILES string of the molecule is C=C1C(=O)N(C)CCN1CCOc1ccc(C2CCN(c3ccc(-c4cn(C)c(=O)c5[nH]ccc45)cc3)CC2)cc1. The molecule has 2 aromatic heterocycles. The summed E-state index contributed by atoms with van der Waals surface area (Å²) in [6, 6.07) is 19.2. The number of benzene rings is 2. The number of hydrogen-bond donors (Lipinski definition) is 1. The number of ether oxygens (including phenoxy) is 1. The topological polar surface area (TPSA) is 73.8 Å². The molecule has 0 atom stereocenters. The maximum Gasteiger partial charge on any atom is 0.274 e. The second kappa shape index (κ2) is 11.2. The van der Waals surface area contributed by atoms with E-state index in [9.17, 15) is 9.59 Å². The van der Waals surface area contributed by atoms with Gasteiger partial charge in [0.2, 0.25) is 0 Å². The van der Waals surface area contributed by atoms with Gasteiger partial charge in [-0.2, -0.15) is 0 Å². The first kappa shape index (κ1) is 26.7. The van der Waals surface area contributed by atoms with Crippen LogP contribution in [0.3, 0.4) is 0 Å². The van der Waals surface area contributed by atoms with Crippen LogP contribution in [0.25, 0.3) is 22.0 Å². The second-order valence-electron chi connectivity index (χ2n) is 11.1. The van der Waals surface area contributed by atoms with E-state index in [1.54, 1.807) is 16.5 Å². The number of piperidine rings is 1. The molecule has 4 heterocycles. The van der Waals surface area contributed by atoms with Crippen molar-refractivity contribution in [1.82, 2.24) is 19.4 Å². The molecule has 0 radical (unpaired) electrons. The minimum absolute atomic E-state index is 0.0109. The molecule has 8 heteroatoms. The molecule has 0 bridgehead atoms. The quantitative estimate of drug-likeness (QED) is 0.341. The van der Waals surface area contributed by atoms with Gasteiger partial charge in [-0.15, -0.1) is 0 Å². The van der Waals surface area contributed by atoms with E-state index >= 15 is 0 Å². The largest absolute Gasteiger partial charge is 0.492 e. The lowest BCUT2D eigenvalue weighted by Crippen LogP contribution is -2.47. The van der Waals surface area contributed by atoms with Crippen molar-refractivity contribution in [1.29, 1.82) is 0 Å². The molecule has 1 amide bonds. The summed E-state index contributed by atoms with van der Waals surface area (Å²) >= 11 is 0. The summed E-state index contributed by atoms with van der Waals surface area (Å²) in [5.74, 6) is 1.38. The first-order valence-electron chi connectivity index (χ1n) is 14.3. The van der Waals surface area contributed by atoms with E-state index < -0.39 is 0 Å². The van der Waals surface area contributed by atoms with Gasteiger partial charge in [-0.3, -0.25) is 9.59 Å². The van der Waals surface area contributed by atoms with Crippen LogP contribution in [-0.2, 0) is 11.8 Å². The predicted octanol–water partition coefficient (Wildman–Crippen LogP) is 4.58. The molecule has 41 heavy (non-hydrogen) atoms. The van der Waals surface area contributed by atoms with Crippen LogP contribution in [0.2, 0.25) is 0 Å². The van der Waals surface area contributed by atoms with Gasteiger partial charge in [0.05, 0.1) is 12.2 Å². The minimum atomic E-state index is -0.0121. The van der Waals surface area contributed by atoms with E-state index in [4.69, 9.17) is 4.74 Å². The Labute approximate surface area is 240 Å². The van der Waals surface area contributed by atoms with Gasteiger partial charge in [-0.25, -0.2) is 0 Å². The molecule has 6 rings (SSSR count). The molecule has 0 aliphatic carbocycles. The van der Waals surface area contributed by atoms with Crippen molar-refractivity contribution in [2.45, 2.75) is 18.8 Å². The number of aromatic nitrogens is 2. The minimum Gasteiger partial charge on any atom is -0.492 e. The zero-order valence-electron chi connectivity index (χ0n) is 23.8. The van der Waals surface area contributed by atoms with Crippen molar-refractivity contribution >= 4 is 22.5 Å². The molecule has 2 saturated heterocycles. The van der Waals surface area contributed by atoms with Crippen LogP contribution in [0, 0.1) is 0 Å². The molecule has 2 aliphatic rings. The summed E-state index contributed by atoms with van der Waals surface area (Å²) in [6.45, 7) is 8.63. The first-order chi connectivity index (χ1) is 19.9. The maximum atomic E-state index is 12.4. The summed E-state index contributed by atoms with van der Waals surface area (Å²) in [4.78, 5) is 33.8. The highest BCUT2D eigenvalue weighted by Gasteiger charge is 2.25. The van der Waals surface area contributed by atoms with Crippen LogP contribution in [0.15, 0.2) is 84.1 Å². The van der Waals surface area contributed by atoms with E-state index in [0.717, 1.165) is 54.7 Å². The Morgan fingerprint density at radius 3 is 2.39 bits per heavy atom. The molecular formula is C33H37N5O3. The van der Waals surface area contributed by atoms with E-state index in [0.29, 0.717) is 36.8 Å². The maximum absolute atomic E-state index is 12.4. The third-order valence-corrected chi connectivity index (χ3v) is 8.59. The third-order valence-electron chi connectivity index (χ3n) is 8.59. The molecular weight excluding hydrogens is 514 g/mol. The van der Waals surface area contributed by atoms with Gasteiger partial charge < -0.3 is 29.0 Å². The smallest absolute Gasteiger partial charge is 0.274 e. The second-order valence-corrected chi connectivity index (χ2v) is 11.1. The van der Waals surface area contributed by atoms with E-state index in [-0.39, 0.29) is 11.5 Å². The summed E-state index contributed by atoms with van der Waals surface area (Å²) in [6.07, 6.45) is 5.95. The highest BCUT2D eigenvalue weighted by Crippen LogP contribution is 2.33. The van der Waals surface area contributed by atoms with Crippen LogP contribution >= 0.6 is 0 Å². The fourth-order valence-corrected chi connectivity index (χ4v) is 6.04. The number of amides is 1. The molecule has 212 valence electrons. The van der Waals surface area contributed by atoms with Crippen molar-refractivity contribution in [2.75, 3.05) is 51.3 Å². The van der Waals surface area contributed by atoms with Crippen LogP contribution in [0.4, 0.5) is 5.69 Å². The van der Waals surface area contributed by atoms with Crippen molar-refractivity contribution in [3.63, 3.8) is 0 Å². The molecule has 4 aromatic rings. The number of nitrogens with one attached hydrogen (secondary N) is 1. The van der Waals surface area contributed by atoms with E-state index in [1.807, 2.05) is 30.4 Å². The molecule has 2 aromatic carbocycles. The number of piperazine rings is 1. The molecule has 0 unspecified atom stereocenters. The molecule has 0 saturated carbocycles. The van der Waals surface area contributed by atoms with Gasteiger partial charge in [0, 0.05) is 69.3 Å². The number of anilines is 1. The zero-order chi connectivity index (χ0) is 28.5. The Kier molecular flexibility index (Phi) is 7.30. The molecule has 8 nitrogen and oxygen atoms in total. The van der Waals surface area contributed by atoms with Gasteiger partial charge in [0.25, 0.3) is 11.5 Å². The number of pyridine rings is 1. The average molecular weight is 552 g/mol. The highest BCUT2D eigenvalue weighted by atomic mass is 16.5. The van der Waals surface area contributed by atoms with E-state index in [1.165, 1.54) is 11.3 Å².